The van der Waals surface area contributed by atoms with Gasteiger partial charge in [-0.2, -0.15) is 0 Å². The molecule has 0 saturated heterocycles. The van der Waals surface area contributed by atoms with Crippen molar-refractivity contribution in [2.45, 2.75) is 6.42 Å². The Morgan fingerprint density at radius 1 is 1.33 bits per heavy atom. The Bertz CT molecular complexity index is 241. The van der Waals surface area contributed by atoms with Gasteiger partial charge in [0.15, 0.2) is 0 Å². The minimum atomic E-state index is 0.450. The van der Waals surface area contributed by atoms with Crippen LogP contribution in [0.4, 0.5) is 0 Å². The van der Waals surface area contributed by atoms with Gasteiger partial charge in [-0.3, -0.25) is 0 Å². The fourth-order valence-corrected chi connectivity index (χ4v) is 1.05. The maximum atomic E-state index is 5.31. The van der Waals surface area contributed by atoms with Gasteiger partial charge < -0.3 is 11.1 Å². The number of allylic oxidation sites excluding steroid dienone is 1. The van der Waals surface area contributed by atoms with E-state index in [2.05, 4.69) is 24.0 Å². The van der Waals surface area contributed by atoms with E-state index < -0.39 is 0 Å². The Hall–Kier alpha value is -1.28. The fourth-order valence-electron chi connectivity index (χ4n) is 1.05. The van der Waals surface area contributed by atoms with Gasteiger partial charge in [-0.1, -0.05) is 36.9 Å². The van der Waals surface area contributed by atoms with Crippen molar-refractivity contribution in [3.63, 3.8) is 0 Å². The molecule has 0 aliphatic heterocycles. The highest BCUT2D eigenvalue weighted by atomic mass is 15.0. The Kier molecular flexibility index (Phi) is 3.35. The highest BCUT2D eigenvalue weighted by molar-refractivity contribution is 5.19. The number of hydrogen-bond acceptors (Lipinski definition) is 2. The smallest absolute Gasteiger partial charge is 0.0625 e. The van der Waals surface area contributed by atoms with E-state index in [-0.39, 0.29) is 0 Å². The van der Waals surface area contributed by atoms with E-state index in [0.29, 0.717) is 6.67 Å². The standard InChI is InChI=1S/C10H14N2/c1-9(12-8-11)7-10-5-3-2-4-6-10/h2-6,12H,1,7-8,11H2. The van der Waals surface area contributed by atoms with Crippen LogP contribution >= 0.6 is 0 Å². The van der Waals surface area contributed by atoms with E-state index in [1.54, 1.807) is 0 Å². The van der Waals surface area contributed by atoms with Crippen LogP contribution in [0.1, 0.15) is 5.56 Å². The Labute approximate surface area is 73.1 Å². The SMILES string of the molecule is C=C(Cc1ccccc1)NCN. The summed E-state index contributed by atoms with van der Waals surface area (Å²) in [4.78, 5) is 0. The number of nitrogens with one attached hydrogen (secondary N) is 1. The molecule has 2 heteroatoms. The summed E-state index contributed by atoms with van der Waals surface area (Å²) >= 11 is 0. The van der Waals surface area contributed by atoms with Gasteiger partial charge in [0.1, 0.15) is 0 Å². The molecule has 0 amide bonds. The second kappa shape index (κ2) is 4.57. The normalized spacial score (nSPS) is 9.42. The number of benzene rings is 1. The van der Waals surface area contributed by atoms with E-state index in [4.69, 9.17) is 5.73 Å². The molecule has 64 valence electrons. The molecule has 1 rings (SSSR count). The van der Waals surface area contributed by atoms with Crippen LogP contribution in [0.5, 0.6) is 0 Å². The molecule has 0 heterocycles. The van der Waals surface area contributed by atoms with Crippen molar-refractivity contribution in [2.75, 3.05) is 6.67 Å². The zero-order chi connectivity index (χ0) is 8.81. The quantitative estimate of drug-likeness (QED) is 0.654. The first kappa shape index (κ1) is 8.81. The molecule has 0 aliphatic carbocycles. The third-order valence-corrected chi connectivity index (χ3v) is 1.61. The monoisotopic (exact) mass is 162 g/mol. The minimum Gasteiger partial charge on any atom is -0.376 e. The van der Waals surface area contributed by atoms with Crippen molar-refractivity contribution in [3.8, 4) is 0 Å². The van der Waals surface area contributed by atoms with Crippen LogP contribution in [0.3, 0.4) is 0 Å². The summed E-state index contributed by atoms with van der Waals surface area (Å²) in [5.41, 5.74) is 7.53. The largest absolute Gasteiger partial charge is 0.376 e. The molecule has 0 unspecified atom stereocenters. The van der Waals surface area contributed by atoms with Crippen LogP contribution in [0.15, 0.2) is 42.6 Å². The Morgan fingerprint density at radius 2 is 2.00 bits per heavy atom. The lowest BCUT2D eigenvalue weighted by atomic mass is 10.1. The second-order valence-electron chi connectivity index (χ2n) is 2.65. The summed E-state index contributed by atoms with van der Waals surface area (Å²) in [5, 5.41) is 2.98. The summed E-state index contributed by atoms with van der Waals surface area (Å²) < 4.78 is 0. The lowest BCUT2D eigenvalue weighted by Crippen LogP contribution is -2.21. The first-order valence-electron chi connectivity index (χ1n) is 3.98. The first-order valence-corrected chi connectivity index (χ1v) is 3.98. The molecule has 0 aromatic heterocycles. The van der Waals surface area contributed by atoms with Gasteiger partial charge >= 0.3 is 0 Å². The summed E-state index contributed by atoms with van der Waals surface area (Å²) in [5.74, 6) is 0. The van der Waals surface area contributed by atoms with Crippen LogP contribution < -0.4 is 11.1 Å². The van der Waals surface area contributed by atoms with Crippen molar-refractivity contribution in [3.05, 3.63) is 48.2 Å². The summed E-state index contributed by atoms with van der Waals surface area (Å²) in [6.07, 6.45) is 0.845. The zero-order valence-electron chi connectivity index (χ0n) is 7.09. The van der Waals surface area contributed by atoms with Crippen LogP contribution in [0.2, 0.25) is 0 Å². The molecule has 0 radical (unpaired) electrons. The molecule has 12 heavy (non-hydrogen) atoms. The van der Waals surface area contributed by atoms with Crippen molar-refractivity contribution in [1.82, 2.24) is 5.32 Å². The van der Waals surface area contributed by atoms with Gasteiger partial charge in [-0.05, 0) is 5.56 Å². The van der Waals surface area contributed by atoms with E-state index in [9.17, 15) is 0 Å². The summed E-state index contributed by atoms with van der Waals surface area (Å²) in [6, 6.07) is 10.2. The molecule has 0 fully saturated rings. The molecule has 0 saturated carbocycles. The third-order valence-electron chi connectivity index (χ3n) is 1.61. The molecule has 2 nitrogen and oxygen atoms in total. The van der Waals surface area contributed by atoms with E-state index in [1.807, 2.05) is 18.2 Å². The van der Waals surface area contributed by atoms with Crippen molar-refractivity contribution in [2.24, 2.45) is 5.73 Å². The van der Waals surface area contributed by atoms with Crippen LogP contribution in [0, 0.1) is 0 Å². The molecular formula is C10H14N2. The molecule has 1 aromatic rings. The first-order chi connectivity index (χ1) is 5.83. The van der Waals surface area contributed by atoms with Gasteiger partial charge in [0.2, 0.25) is 0 Å². The minimum absolute atomic E-state index is 0.450. The van der Waals surface area contributed by atoms with Gasteiger partial charge in [0, 0.05) is 12.1 Å². The third kappa shape index (κ3) is 2.76. The topological polar surface area (TPSA) is 38.0 Å². The highest BCUT2D eigenvalue weighted by Gasteiger charge is 1.93. The average Bonchev–Trinajstić information content (AvgIpc) is 2.06. The predicted octanol–water partition coefficient (Wildman–Crippen LogP) is 1.25. The zero-order valence-corrected chi connectivity index (χ0v) is 7.09. The molecule has 0 bridgehead atoms. The molecule has 0 spiro atoms. The summed E-state index contributed by atoms with van der Waals surface area (Å²) in [6.45, 7) is 4.30. The Morgan fingerprint density at radius 3 is 2.58 bits per heavy atom. The molecule has 0 aliphatic rings. The van der Waals surface area contributed by atoms with Crippen molar-refractivity contribution >= 4 is 0 Å². The number of rotatable bonds is 4. The van der Waals surface area contributed by atoms with Gasteiger partial charge in [0.25, 0.3) is 0 Å². The van der Waals surface area contributed by atoms with Gasteiger partial charge in [-0.15, -0.1) is 0 Å². The maximum Gasteiger partial charge on any atom is 0.0625 e. The number of hydrogen-bond donors (Lipinski definition) is 2. The van der Waals surface area contributed by atoms with Crippen molar-refractivity contribution in [1.29, 1.82) is 0 Å². The van der Waals surface area contributed by atoms with Gasteiger partial charge in [0.05, 0.1) is 6.67 Å². The maximum absolute atomic E-state index is 5.31. The number of nitrogens with two attached hydrogens (primary N) is 1. The predicted molar refractivity (Wildman–Crippen MR) is 51.5 cm³/mol. The molecule has 3 N–H and O–H groups in total. The molecular weight excluding hydrogens is 148 g/mol. The molecule has 1 aromatic carbocycles. The van der Waals surface area contributed by atoms with Crippen molar-refractivity contribution < 1.29 is 0 Å². The van der Waals surface area contributed by atoms with E-state index in [0.717, 1.165) is 12.1 Å². The van der Waals surface area contributed by atoms with E-state index >= 15 is 0 Å². The van der Waals surface area contributed by atoms with Crippen LogP contribution in [0.25, 0.3) is 0 Å². The van der Waals surface area contributed by atoms with Gasteiger partial charge in [-0.25, -0.2) is 0 Å². The highest BCUT2D eigenvalue weighted by Crippen LogP contribution is 2.02. The average molecular weight is 162 g/mol. The fraction of sp³-hybridized carbons (Fsp3) is 0.200. The second-order valence-corrected chi connectivity index (χ2v) is 2.65. The summed E-state index contributed by atoms with van der Waals surface area (Å²) in [7, 11) is 0. The van der Waals surface area contributed by atoms with Crippen LogP contribution in [-0.4, -0.2) is 6.67 Å². The lowest BCUT2D eigenvalue weighted by molar-refractivity contribution is 0.800. The van der Waals surface area contributed by atoms with Crippen LogP contribution in [-0.2, 0) is 6.42 Å². The van der Waals surface area contributed by atoms with E-state index in [1.165, 1.54) is 5.56 Å². The Balaban J connectivity index is 2.47. The molecule has 0 atom stereocenters. The lowest BCUT2D eigenvalue weighted by Gasteiger charge is -2.06.